The fourth-order valence-electron chi connectivity index (χ4n) is 2.95. The second-order valence-corrected chi connectivity index (χ2v) is 6.00. The van der Waals surface area contributed by atoms with Crippen LogP contribution in [0.5, 0.6) is 0 Å². The molecule has 0 aliphatic carbocycles. The van der Waals surface area contributed by atoms with Crippen LogP contribution in [0.15, 0.2) is 63.7 Å². The first-order valence-electron chi connectivity index (χ1n) is 8.36. The first kappa shape index (κ1) is 16.1. The molecule has 0 unspecified atom stereocenters. The van der Waals surface area contributed by atoms with Crippen molar-refractivity contribution in [3.8, 4) is 11.5 Å². The highest BCUT2D eigenvalue weighted by atomic mass is 16.5. The Balaban J connectivity index is 1.39. The summed E-state index contributed by atoms with van der Waals surface area (Å²) in [5.74, 6) is 0.712. The maximum Gasteiger partial charge on any atom is 0.276 e. The zero-order valence-corrected chi connectivity index (χ0v) is 14.0. The van der Waals surface area contributed by atoms with Crippen LogP contribution in [0.4, 0.5) is 0 Å². The fraction of sp³-hybridized carbons (Fsp3) is 0.211. The molecule has 0 spiro atoms. The molecule has 2 amide bonds. The van der Waals surface area contributed by atoms with Crippen LogP contribution in [0.3, 0.4) is 0 Å². The number of hydrogen-bond donors (Lipinski definition) is 0. The quantitative estimate of drug-likeness (QED) is 0.724. The van der Waals surface area contributed by atoms with E-state index in [0.29, 0.717) is 43.3 Å². The molecule has 2 aromatic heterocycles. The third-order valence-electron chi connectivity index (χ3n) is 4.37. The van der Waals surface area contributed by atoms with E-state index in [1.165, 1.54) is 6.26 Å². The molecular formula is C19H17N3O4. The van der Waals surface area contributed by atoms with Gasteiger partial charge in [0.2, 0.25) is 5.76 Å². The second kappa shape index (κ2) is 6.87. The molecule has 3 heterocycles. The van der Waals surface area contributed by atoms with E-state index in [1.54, 1.807) is 40.1 Å². The standard InChI is InChI=1S/C19H17N3O4/c23-18(14-5-2-1-3-6-14)21-8-10-22(11-9-21)19(24)15-13-17(26-20-15)16-7-4-12-25-16/h1-7,12-13H,8-11H2. The molecule has 4 rings (SSSR count). The summed E-state index contributed by atoms with van der Waals surface area (Å²) < 4.78 is 10.4. The van der Waals surface area contributed by atoms with Gasteiger partial charge in [-0.15, -0.1) is 0 Å². The lowest BCUT2D eigenvalue weighted by Gasteiger charge is -2.34. The van der Waals surface area contributed by atoms with Crippen LogP contribution in [-0.4, -0.2) is 52.9 Å². The Kier molecular flexibility index (Phi) is 4.27. The van der Waals surface area contributed by atoms with E-state index in [-0.39, 0.29) is 17.5 Å². The average molecular weight is 351 g/mol. The molecule has 1 saturated heterocycles. The Hall–Kier alpha value is -3.35. The van der Waals surface area contributed by atoms with Crippen LogP contribution in [0.2, 0.25) is 0 Å². The average Bonchev–Trinajstić information content (AvgIpc) is 3.39. The van der Waals surface area contributed by atoms with Gasteiger partial charge in [0.15, 0.2) is 11.5 Å². The molecule has 0 saturated carbocycles. The molecule has 0 radical (unpaired) electrons. The molecule has 3 aromatic rings. The lowest BCUT2D eigenvalue weighted by Crippen LogP contribution is -2.50. The molecule has 0 bridgehead atoms. The Bertz CT molecular complexity index is 894. The maximum absolute atomic E-state index is 12.6. The molecular weight excluding hydrogens is 334 g/mol. The highest BCUT2D eigenvalue weighted by molar-refractivity contribution is 5.95. The van der Waals surface area contributed by atoms with Crippen molar-refractivity contribution in [2.24, 2.45) is 0 Å². The molecule has 7 nitrogen and oxygen atoms in total. The first-order valence-corrected chi connectivity index (χ1v) is 8.36. The summed E-state index contributed by atoms with van der Waals surface area (Å²) in [6.07, 6.45) is 1.53. The largest absolute Gasteiger partial charge is 0.461 e. The van der Waals surface area contributed by atoms with Crippen molar-refractivity contribution in [3.63, 3.8) is 0 Å². The summed E-state index contributed by atoms with van der Waals surface area (Å²) in [7, 11) is 0. The van der Waals surface area contributed by atoms with Crippen LogP contribution in [0, 0.1) is 0 Å². The van der Waals surface area contributed by atoms with Crippen molar-refractivity contribution in [1.82, 2.24) is 15.0 Å². The van der Waals surface area contributed by atoms with Gasteiger partial charge in [0.25, 0.3) is 11.8 Å². The molecule has 1 fully saturated rings. The van der Waals surface area contributed by atoms with Crippen molar-refractivity contribution in [2.45, 2.75) is 0 Å². The lowest BCUT2D eigenvalue weighted by atomic mass is 10.2. The smallest absolute Gasteiger partial charge is 0.276 e. The zero-order valence-electron chi connectivity index (χ0n) is 14.0. The van der Waals surface area contributed by atoms with Crippen LogP contribution in [0.25, 0.3) is 11.5 Å². The molecule has 132 valence electrons. The number of amides is 2. The molecule has 1 aliphatic rings. The van der Waals surface area contributed by atoms with Gasteiger partial charge in [-0.05, 0) is 24.3 Å². The van der Waals surface area contributed by atoms with Crippen molar-refractivity contribution < 1.29 is 18.5 Å². The van der Waals surface area contributed by atoms with Crippen LogP contribution >= 0.6 is 0 Å². The Morgan fingerprint density at radius 1 is 0.846 bits per heavy atom. The summed E-state index contributed by atoms with van der Waals surface area (Å²) in [6.45, 7) is 1.89. The summed E-state index contributed by atoms with van der Waals surface area (Å²) in [5, 5.41) is 3.84. The topological polar surface area (TPSA) is 79.8 Å². The second-order valence-electron chi connectivity index (χ2n) is 6.00. The van der Waals surface area contributed by atoms with E-state index in [0.717, 1.165) is 0 Å². The minimum atomic E-state index is -0.210. The highest BCUT2D eigenvalue weighted by Crippen LogP contribution is 2.21. The fourth-order valence-corrected chi connectivity index (χ4v) is 2.95. The number of carbonyl (C=O) groups is 2. The Morgan fingerprint density at radius 3 is 2.19 bits per heavy atom. The Labute approximate surface area is 149 Å². The van der Waals surface area contributed by atoms with Gasteiger partial charge in [0.1, 0.15) is 0 Å². The lowest BCUT2D eigenvalue weighted by molar-refractivity contribution is 0.0530. The Morgan fingerprint density at radius 2 is 1.54 bits per heavy atom. The summed E-state index contributed by atoms with van der Waals surface area (Å²) in [6, 6.07) is 14.2. The van der Waals surface area contributed by atoms with Gasteiger partial charge in [-0.2, -0.15) is 0 Å². The molecule has 1 aliphatic heterocycles. The normalized spacial score (nSPS) is 14.5. The number of nitrogens with zero attached hydrogens (tertiary/aromatic N) is 3. The van der Waals surface area contributed by atoms with E-state index in [9.17, 15) is 9.59 Å². The number of hydrogen-bond acceptors (Lipinski definition) is 5. The van der Waals surface area contributed by atoms with Gasteiger partial charge in [-0.1, -0.05) is 23.4 Å². The SMILES string of the molecule is O=C(c1ccccc1)N1CCN(C(=O)c2cc(-c3ccco3)on2)CC1. The van der Waals surface area contributed by atoms with E-state index in [1.807, 2.05) is 18.2 Å². The minimum absolute atomic E-state index is 0.0146. The predicted octanol–water partition coefficient (Wildman–Crippen LogP) is 2.53. The van der Waals surface area contributed by atoms with Crippen LogP contribution < -0.4 is 0 Å². The summed E-state index contributed by atoms with van der Waals surface area (Å²) in [4.78, 5) is 28.5. The number of furan rings is 1. The van der Waals surface area contributed by atoms with E-state index in [2.05, 4.69) is 5.16 Å². The highest BCUT2D eigenvalue weighted by Gasteiger charge is 2.27. The first-order chi connectivity index (χ1) is 12.7. The maximum atomic E-state index is 12.6. The van der Waals surface area contributed by atoms with E-state index in [4.69, 9.17) is 8.94 Å². The number of carbonyl (C=O) groups excluding carboxylic acids is 2. The van der Waals surface area contributed by atoms with Crippen LogP contribution in [-0.2, 0) is 0 Å². The third-order valence-corrected chi connectivity index (χ3v) is 4.37. The number of benzene rings is 1. The minimum Gasteiger partial charge on any atom is -0.461 e. The van der Waals surface area contributed by atoms with Crippen LogP contribution in [0.1, 0.15) is 20.8 Å². The summed E-state index contributed by atoms with van der Waals surface area (Å²) >= 11 is 0. The van der Waals surface area contributed by atoms with Gasteiger partial charge in [-0.3, -0.25) is 9.59 Å². The van der Waals surface area contributed by atoms with E-state index < -0.39 is 0 Å². The van der Waals surface area contributed by atoms with Gasteiger partial charge in [0.05, 0.1) is 6.26 Å². The van der Waals surface area contributed by atoms with Crippen molar-refractivity contribution in [2.75, 3.05) is 26.2 Å². The molecule has 1 aromatic carbocycles. The van der Waals surface area contributed by atoms with Gasteiger partial charge in [0, 0.05) is 37.8 Å². The number of rotatable bonds is 3. The molecule has 26 heavy (non-hydrogen) atoms. The van der Waals surface area contributed by atoms with Gasteiger partial charge < -0.3 is 18.7 Å². The summed E-state index contributed by atoms with van der Waals surface area (Å²) in [5.41, 5.74) is 0.895. The zero-order chi connectivity index (χ0) is 17.9. The molecule has 0 atom stereocenters. The molecule has 7 heteroatoms. The van der Waals surface area contributed by atoms with Crippen molar-refractivity contribution in [1.29, 1.82) is 0 Å². The van der Waals surface area contributed by atoms with Gasteiger partial charge >= 0.3 is 0 Å². The third kappa shape index (κ3) is 3.11. The van der Waals surface area contributed by atoms with Crippen molar-refractivity contribution in [3.05, 3.63) is 66.1 Å². The van der Waals surface area contributed by atoms with Crippen molar-refractivity contribution >= 4 is 11.8 Å². The predicted molar refractivity (Wildman–Crippen MR) is 92.5 cm³/mol. The van der Waals surface area contributed by atoms with Gasteiger partial charge in [-0.25, -0.2) is 0 Å². The monoisotopic (exact) mass is 351 g/mol. The van der Waals surface area contributed by atoms with E-state index >= 15 is 0 Å². The number of piperazine rings is 1. The molecule has 0 N–H and O–H groups in total. The number of aromatic nitrogens is 1.